The molecule has 126 valence electrons. The van der Waals surface area contributed by atoms with Crippen LogP contribution in [0.15, 0.2) is 41.1 Å². The molecule has 0 spiro atoms. The molecule has 8 heteroatoms. The van der Waals surface area contributed by atoms with Crippen LogP contribution in [0.2, 0.25) is 0 Å². The van der Waals surface area contributed by atoms with Gasteiger partial charge in [-0.1, -0.05) is 5.16 Å². The van der Waals surface area contributed by atoms with Gasteiger partial charge in [0.05, 0.1) is 13.5 Å². The fourth-order valence-corrected chi connectivity index (χ4v) is 2.62. The van der Waals surface area contributed by atoms with Gasteiger partial charge in [0.2, 0.25) is 11.9 Å². The van der Waals surface area contributed by atoms with Crippen LogP contribution in [-0.2, 0) is 11.2 Å². The minimum Gasteiger partial charge on any atom is -0.497 e. The van der Waals surface area contributed by atoms with Crippen molar-refractivity contribution in [1.82, 2.24) is 19.8 Å². The highest BCUT2D eigenvalue weighted by molar-refractivity contribution is 5.94. The topological polar surface area (TPSA) is 94.5 Å². The van der Waals surface area contributed by atoms with Crippen molar-refractivity contribution < 1.29 is 14.1 Å². The van der Waals surface area contributed by atoms with Crippen LogP contribution in [0.1, 0.15) is 11.3 Å². The van der Waals surface area contributed by atoms with E-state index in [0.29, 0.717) is 28.6 Å². The standard InChI is InChI=1S/C17H15N5O3/c1-10-5-6-22-15(7-10)19-20-17(22)18-16(23)9-13-12-8-11(24-2)3-4-14(12)25-21-13/h3-8H,9H2,1-2H3,(H,18,20,23). The third-order valence-corrected chi connectivity index (χ3v) is 3.90. The van der Waals surface area contributed by atoms with Gasteiger partial charge in [0.25, 0.3) is 0 Å². The minimum absolute atomic E-state index is 0.0565. The first-order chi connectivity index (χ1) is 12.1. The van der Waals surface area contributed by atoms with Crippen LogP contribution in [0.5, 0.6) is 5.75 Å². The van der Waals surface area contributed by atoms with E-state index in [0.717, 1.165) is 10.9 Å². The van der Waals surface area contributed by atoms with Crippen molar-refractivity contribution in [3.63, 3.8) is 0 Å². The van der Waals surface area contributed by atoms with E-state index in [2.05, 4.69) is 20.7 Å². The second-order valence-corrected chi connectivity index (χ2v) is 5.67. The van der Waals surface area contributed by atoms with E-state index in [1.165, 1.54) is 0 Å². The molecule has 8 nitrogen and oxygen atoms in total. The average molecular weight is 337 g/mol. The Morgan fingerprint density at radius 1 is 1.28 bits per heavy atom. The normalized spacial score (nSPS) is 11.1. The fourth-order valence-electron chi connectivity index (χ4n) is 2.62. The third kappa shape index (κ3) is 2.78. The molecule has 3 heterocycles. The first kappa shape index (κ1) is 15.1. The summed E-state index contributed by atoms with van der Waals surface area (Å²) in [7, 11) is 1.58. The number of amides is 1. The van der Waals surface area contributed by atoms with Gasteiger partial charge < -0.3 is 9.26 Å². The number of anilines is 1. The van der Waals surface area contributed by atoms with Gasteiger partial charge in [-0.2, -0.15) is 0 Å². The molecule has 0 fully saturated rings. The van der Waals surface area contributed by atoms with Crippen molar-refractivity contribution in [1.29, 1.82) is 0 Å². The smallest absolute Gasteiger partial charge is 0.235 e. The summed E-state index contributed by atoms with van der Waals surface area (Å²) in [5.74, 6) is 0.787. The maximum Gasteiger partial charge on any atom is 0.235 e. The summed E-state index contributed by atoms with van der Waals surface area (Å²) in [6.45, 7) is 1.97. The zero-order valence-electron chi connectivity index (χ0n) is 13.7. The van der Waals surface area contributed by atoms with E-state index in [1.54, 1.807) is 29.7 Å². The Bertz CT molecular complexity index is 1080. The number of pyridine rings is 1. The molecule has 1 aromatic carbocycles. The summed E-state index contributed by atoms with van der Waals surface area (Å²) >= 11 is 0. The SMILES string of the molecule is COc1ccc2onc(CC(=O)Nc3nnc4cc(C)ccn34)c2c1. The van der Waals surface area contributed by atoms with Crippen LogP contribution in [0, 0.1) is 6.92 Å². The van der Waals surface area contributed by atoms with Crippen molar-refractivity contribution in [3.8, 4) is 5.75 Å². The van der Waals surface area contributed by atoms with E-state index in [4.69, 9.17) is 9.26 Å². The maximum absolute atomic E-state index is 12.4. The third-order valence-electron chi connectivity index (χ3n) is 3.90. The van der Waals surface area contributed by atoms with Crippen LogP contribution in [0.4, 0.5) is 5.95 Å². The van der Waals surface area contributed by atoms with E-state index >= 15 is 0 Å². The fraction of sp³-hybridized carbons (Fsp3) is 0.176. The number of hydrogen-bond donors (Lipinski definition) is 1. The Kier molecular flexibility index (Phi) is 3.57. The van der Waals surface area contributed by atoms with Crippen molar-refractivity contribution in [3.05, 3.63) is 47.8 Å². The van der Waals surface area contributed by atoms with Gasteiger partial charge in [-0.25, -0.2) is 0 Å². The van der Waals surface area contributed by atoms with Gasteiger partial charge >= 0.3 is 0 Å². The molecule has 4 aromatic rings. The van der Waals surface area contributed by atoms with Gasteiger partial charge in [-0.15, -0.1) is 10.2 Å². The molecule has 0 saturated carbocycles. The van der Waals surface area contributed by atoms with Crippen LogP contribution < -0.4 is 10.1 Å². The van der Waals surface area contributed by atoms with Gasteiger partial charge in [0.15, 0.2) is 11.2 Å². The summed E-state index contributed by atoms with van der Waals surface area (Å²) in [6, 6.07) is 9.14. The average Bonchev–Trinajstić information content (AvgIpc) is 3.18. The van der Waals surface area contributed by atoms with Crippen molar-refractivity contribution in [2.24, 2.45) is 0 Å². The Labute approximate surface area is 142 Å². The predicted molar refractivity (Wildman–Crippen MR) is 90.6 cm³/mol. The van der Waals surface area contributed by atoms with E-state index in [-0.39, 0.29) is 12.3 Å². The molecule has 0 saturated heterocycles. The molecule has 0 aliphatic heterocycles. The first-order valence-electron chi connectivity index (χ1n) is 7.67. The molecule has 1 amide bonds. The first-order valence-corrected chi connectivity index (χ1v) is 7.67. The van der Waals surface area contributed by atoms with Crippen LogP contribution >= 0.6 is 0 Å². The number of hydrogen-bond acceptors (Lipinski definition) is 6. The lowest BCUT2D eigenvalue weighted by molar-refractivity contribution is -0.115. The number of methoxy groups -OCH3 is 1. The molecular weight excluding hydrogens is 322 g/mol. The highest BCUT2D eigenvalue weighted by Crippen LogP contribution is 2.24. The minimum atomic E-state index is -0.257. The number of rotatable bonds is 4. The number of ether oxygens (including phenoxy) is 1. The van der Waals surface area contributed by atoms with Gasteiger partial charge in [0.1, 0.15) is 11.4 Å². The number of aromatic nitrogens is 4. The highest BCUT2D eigenvalue weighted by atomic mass is 16.5. The van der Waals surface area contributed by atoms with Crippen molar-refractivity contribution >= 4 is 28.5 Å². The molecule has 25 heavy (non-hydrogen) atoms. The van der Waals surface area contributed by atoms with Gasteiger partial charge in [-0.05, 0) is 42.8 Å². The van der Waals surface area contributed by atoms with Crippen LogP contribution in [0.3, 0.4) is 0 Å². The largest absolute Gasteiger partial charge is 0.497 e. The lowest BCUT2D eigenvalue weighted by atomic mass is 10.1. The molecule has 0 radical (unpaired) electrons. The predicted octanol–water partition coefficient (Wildman–Crippen LogP) is 2.37. The van der Waals surface area contributed by atoms with Crippen molar-refractivity contribution in [2.45, 2.75) is 13.3 Å². The molecule has 0 aliphatic carbocycles. The Hall–Kier alpha value is -3.42. The van der Waals surface area contributed by atoms with Gasteiger partial charge in [0, 0.05) is 11.6 Å². The lowest BCUT2D eigenvalue weighted by Gasteiger charge is -2.03. The molecule has 1 N–H and O–H groups in total. The molecule has 0 aliphatic rings. The molecule has 4 rings (SSSR count). The van der Waals surface area contributed by atoms with E-state index in [9.17, 15) is 4.79 Å². The number of fused-ring (bicyclic) bond motifs is 2. The quantitative estimate of drug-likeness (QED) is 0.614. The number of nitrogens with one attached hydrogen (secondary N) is 1. The Morgan fingerprint density at radius 3 is 3.00 bits per heavy atom. The zero-order chi connectivity index (χ0) is 17.4. The number of carbonyl (C=O) groups is 1. The molecule has 3 aromatic heterocycles. The highest BCUT2D eigenvalue weighted by Gasteiger charge is 2.15. The van der Waals surface area contributed by atoms with Gasteiger partial charge in [-0.3, -0.25) is 14.5 Å². The Morgan fingerprint density at radius 2 is 2.16 bits per heavy atom. The lowest BCUT2D eigenvalue weighted by Crippen LogP contribution is -2.16. The number of benzene rings is 1. The summed E-state index contributed by atoms with van der Waals surface area (Å²) < 4.78 is 12.2. The monoisotopic (exact) mass is 337 g/mol. The number of nitrogens with zero attached hydrogens (tertiary/aromatic N) is 4. The second kappa shape index (κ2) is 5.90. The Balaban J connectivity index is 1.57. The van der Waals surface area contributed by atoms with E-state index in [1.807, 2.05) is 25.3 Å². The molecule has 0 unspecified atom stereocenters. The van der Waals surface area contributed by atoms with Crippen LogP contribution in [-0.4, -0.2) is 32.8 Å². The summed E-state index contributed by atoms with van der Waals surface area (Å²) in [5, 5.41) is 15.5. The zero-order valence-corrected chi connectivity index (χ0v) is 13.7. The summed E-state index contributed by atoms with van der Waals surface area (Å²) in [4.78, 5) is 12.4. The van der Waals surface area contributed by atoms with E-state index < -0.39 is 0 Å². The molecule has 0 atom stereocenters. The number of aryl methyl sites for hydroxylation is 1. The second-order valence-electron chi connectivity index (χ2n) is 5.67. The summed E-state index contributed by atoms with van der Waals surface area (Å²) in [5.41, 5.74) is 2.88. The van der Waals surface area contributed by atoms with Crippen molar-refractivity contribution in [2.75, 3.05) is 12.4 Å². The molecule has 0 bridgehead atoms. The van der Waals surface area contributed by atoms with Crippen LogP contribution in [0.25, 0.3) is 16.6 Å². The summed E-state index contributed by atoms with van der Waals surface area (Å²) in [6.07, 6.45) is 1.87. The number of carbonyl (C=O) groups excluding carboxylic acids is 1. The molecular formula is C17H15N5O3. The maximum atomic E-state index is 12.4.